The average molecular weight is 437 g/mol. The van der Waals surface area contributed by atoms with Gasteiger partial charge in [0.1, 0.15) is 5.75 Å². The Morgan fingerprint density at radius 2 is 1.72 bits per heavy atom. The maximum absolute atomic E-state index is 6.29. The van der Waals surface area contributed by atoms with Crippen molar-refractivity contribution in [2.45, 2.75) is 58.5 Å². The van der Waals surface area contributed by atoms with Gasteiger partial charge in [-0.2, -0.15) is 0 Å². The second kappa shape index (κ2) is 10.3. The molecule has 0 bridgehead atoms. The molecule has 2 aliphatic rings. The van der Waals surface area contributed by atoms with Gasteiger partial charge >= 0.3 is 0 Å². The molecule has 4 nitrogen and oxygen atoms in total. The number of para-hydroxylation sites is 1. The molecule has 2 heterocycles. The normalized spacial score (nSPS) is 20.2. The number of rotatable bonds is 8. The van der Waals surface area contributed by atoms with Crippen LogP contribution in [0.3, 0.4) is 0 Å². The predicted octanol–water partition coefficient (Wildman–Crippen LogP) is 5.72. The van der Waals surface area contributed by atoms with Crippen LogP contribution in [0.4, 0.5) is 5.69 Å². The number of hydrogen-bond acceptors (Lipinski definition) is 4. The number of hydrogen-bond donors (Lipinski definition) is 0. The molecule has 0 saturated carbocycles. The Morgan fingerprint density at radius 1 is 1.00 bits per heavy atom. The van der Waals surface area contributed by atoms with E-state index < -0.39 is 0 Å². The fourth-order valence-electron chi connectivity index (χ4n) is 5.13. The maximum Gasteiger partial charge on any atom is 0.118 e. The average Bonchev–Trinajstić information content (AvgIpc) is 3.33. The largest absolute Gasteiger partial charge is 0.497 e. The topological polar surface area (TPSA) is 24.9 Å². The summed E-state index contributed by atoms with van der Waals surface area (Å²) in [6.45, 7) is 11.7. The summed E-state index contributed by atoms with van der Waals surface area (Å²) in [7, 11) is 1.73. The second-order valence-electron chi connectivity index (χ2n) is 10.6. The van der Waals surface area contributed by atoms with Gasteiger partial charge in [0.05, 0.1) is 32.4 Å². The van der Waals surface area contributed by atoms with Gasteiger partial charge in [0, 0.05) is 12.2 Å². The lowest BCUT2D eigenvalue weighted by atomic mass is 9.90. The van der Waals surface area contributed by atoms with Gasteiger partial charge in [0.2, 0.25) is 0 Å². The van der Waals surface area contributed by atoms with Crippen molar-refractivity contribution in [1.29, 1.82) is 0 Å². The minimum atomic E-state index is 0.193. The van der Waals surface area contributed by atoms with Crippen molar-refractivity contribution in [3.05, 3.63) is 59.7 Å². The zero-order chi connectivity index (χ0) is 22.6. The van der Waals surface area contributed by atoms with Crippen LogP contribution >= 0.6 is 0 Å². The van der Waals surface area contributed by atoms with Crippen LogP contribution in [0.25, 0.3) is 0 Å². The number of fused-ring (bicyclic) bond motifs is 1. The van der Waals surface area contributed by atoms with Gasteiger partial charge in [-0.15, -0.1) is 0 Å². The first-order valence-corrected chi connectivity index (χ1v) is 12.2. The summed E-state index contributed by atoms with van der Waals surface area (Å²) in [4.78, 5) is 5.31. The second-order valence-corrected chi connectivity index (χ2v) is 10.6. The molecule has 2 aromatic rings. The molecule has 0 aliphatic carbocycles. The van der Waals surface area contributed by atoms with E-state index in [1.807, 2.05) is 0 Å². The van der Waals surface area contributed by atoms with Gasteiger partial charge in [-0.25, -0.2) is 0 Å². The molecular weight excluding hydrogens is 396 g/mol. The van der Waals surface area contributed by atoms with Crippen LogP contribution in [-0.4, -0.2) is 50.9 Å². The Morgan fingerprint density at radius 3 is 2.41 bits per heavy atom. The molecule has 2 aromatic carbocycles. The molecule has 0 N–H and O–H groups in total. The number of methoxy groups -OCH3 is 1. The minimum absolute atomic E-state index is 0.193. The maximum atomic E-state index is 6.29. The van der Waals surface area contributed by atoms with Crippen molar-refractivity contribution >= 4 is 5.69 Å². The van der Waals surface area contributed by atoms with E-state index in [9.17, 15) is 0 Å². The summed E-state index contributed by atoms with van der Waals surface area (Å²) >= 11 is 0. The fraction of sp³-hybridized carbons (Fsp3) is 0.571. The van der Waals surface area contributed by atoms with Crippen LogP contribution in [0.5, 0.6) is 5.75 Å². The van der Waals surface area contributed by atoms with Gasteiger partial charge in [0.25, 0.3) is 0 Å². The highest BCUT2D eigenvalue weighted by molar-refractivity contribution is 5.58. The zero-order valence-electron chi connectivity index (χ0n) is 20.3. The molecular formula is C28H40N2O2. The summed E-state index contributed by atoms with van der Waals surface area (Å²) < 4.78 is 11.7. The van der Waals surface area contributed by atoms with Gasteiger partial charge in [0.15, 0.2) is 0 Å². The fourth-order valence-corrected chi connectivity index (χ4v) is 5.13. The highest BCUT2D eigenvalue weighted by Gasteiger charge is 2.32. The van der Waals surface area contributed by atoms with E-state index in [1.165, 1.54) is 42.7 Å². The van der Waals surface area contributed by atoms with Crippen LogP contribution in [0.2, 0.25) is 0 Å². The third kappa shape index (κ3) is 5.65. The number of nitrogens with zero attached hydrogens (tertiary/aromatic N) is 2. The van der Waals surface area contributed by atoms with E-state index in [1.54, 1.807) is 7.11 Å². The van der Waals surface area contributed by atoms with E-state index in [-0.39, 0.29) is 5.41 Å². The first-order chi connectivity index (χ1) is 15.4. The molecule has 2 atom stereocenters. The van der Waals surface area contributed by atoms with Gasteiger partial charge in [-0.05, 0) is 73.5 Å². The van der Waals surface area contributed by atoms with E-state index in [2.05, 4.69) is 79.1 Å². The molecule has 0 spiro atoms. The molecule has 4 heteroatoms. The Labute approximate surface area is 194 Å². The first kappa shape index (κ1) is 23.1. The summed E-state index contributed by atoms with van der Waals surface area (Å²) in [6, 6.07) is 18.4. The quantitative estimate of drug-likeness (QED) is 0.529. The Hall–Kier alpha value is -2.04. The smallest absolute Gasteiger partial charge is 0.118 e. The molecule has 2 unspecified atom stereocenters. The Kier molecular flexibility index (Phi) is 7.42. The number of ether oxygens (including phenoxy) is 2. The van der Waals surface area contributed by atoms with Crippen molar-refractivity contribution < 1.29 is 9.47 Å². The van der Waals surface area contributed by atoms with Crippen molar-refractivity contribution in [3.63, 3.8) is 0 Å². The summed E-state index contributed by atoms with van der Waals surface area (Å²) in [6.07, 6.45) is 4.86. The summed E-state index contributed by atoms with van der Waals surface area (Å²) in [5.74, 6) is 0.919. The minimum Gasteiger partial charge on any atom is -0.497 e. The van der Waals surface area contributed by atoms with Gasteiger partial charge in [-0.3, -0.25) is 4.90 Å². The summed E-state index contributed by atoms with van der Waals surface area (Å²) in [5, 5.41) is 0. The van der Waals surface area contributed by atoms with Crippen LogP contribution in [0, 0.1) is 5.41 Å². The highest BCUT2D eigenvalue weighted by Crippen LogP contribution is 2.39. The molecule has 32 heavy (non-hydrogen) atoms. The monoisotopic (exact) mass is 436 g/mol. The van der Waals surface area contributed by atoms with Crippen LogP contribution in [-0.2, 0) is 11.2 Å². The number of aryl methyl sites for hydroxylation is 1. The molecule has 1 saturated heterocycles. The van der Waals surface area contributed by atoms with Crippen molar-refractivity contribution in [3.8, 4) is 5.75 Å². The molecule has 0 amide bonds. The SMILES string of the molecule is COc1ccc(C2CCc3ccccc3N2CC(COCC(C)(C)C)N2CCCC2)cc1. The third-order valence-corrected chi connectivity index (χ3v) is 6.77. The molecule has 4 rings (SSSR count). The lowest BCUT2D eigenvalue weighted by molar-refractivity contribution is 0.0313. The molecule has 1 fully saturated rings. The van der Waals surface area contributed by atoms with Crippen LogP contribution < -0.4 is 9.64 Å². The molecule has 0 aromatic heterocycles. The van der Waals surface area contributed by atoms with Crippen molar-refractivity contribution in [2.24, 2.45) is 5.41 Å². The van der Waals surface area contributed by atoms with Crippen LogP contribution in [0.1, 0.15) is 57.2 Å². The van der Waals surface area contributed by atoms with E-state index in [0.717, 1.165) is 38.3 Å². The Balaban J connectivity index is 1.59. The molecule has 2 aliphatic heterocycles. The van der Waals surface area contributed by atoms with Crippen molar-refractivity contribution in [2.75, 3.05) is 44.9 Å². The molecule has 0 radical (unpaired) electrons. The zero-order valence-corrected chi connectivity index (χ0v) is 20.3. The van der Waals surface area contributed by atoms with E-state index >= 15 is 0 Å². The number of anilines is 1. The van der Waals surface area contributed by atoms with Gasteiger partial charge in [-0.1, -0.05) is 51.1 Å². The van der Waals surface area contributed by atoms with Gasteiger partial charge < -0.3 is 14.4 Å². The molecule has 174 valence electrons. The first-order valence-electron chi connectivity index (χ1n) is 12.2. The van der Waals surface area contributed by atoms with E-state index in [0.29, 0.717) is 12.1 Å². The predicted molar refractivity (Wildman–Crippen MR) is 133 cm³/mol. The lowest BCUT2D eigenvalue weighted by Crippen LogP contribution is -2.48. The number of benzene rings is 2. The Bertz CT molecular complexity index is 852. The van der Waals surface area contributed by atoms with Crippen LogP contribution in [0.15, 0.2) is 48.5 Å². The standard InChI is InChI=1S/C28H40N2O2/c1-28(2,3)21-32-20-24(29-17-7-8-18-29)19-30-26-10-6-5-9-22(26)13-16-27(30)23-11-14-25(31-4)15-12-23/h5-6,9-12,14-15,24,27H,7-8,13,16-21H2,1-4H3. The highest BCUT2D eigenvalue weighted by atomic mass is 16.5. The number of likely N-dealkylation sites (tertiary alicyclic amines) is 1. The third-order valence-electron chi connectivity index (χ3n) is 6.77. The summed E-state index contributed by atoms with van der Waals surface area (Å²) in [5.41, 5.74) is 4.42. The van der Waals surface area contributed by atoms with E-state index in [4.69, 9.17) is 9.47 Å². The van der Waals surface area contributed by atoms with Crippen molar-refractivity contribution in [1.82, 2.24) is 4.90 Å². The lowest BCUT2D eigenvalue weighted by Gasteiger charge is -2.43.